The number of ketones is 1. The SMILES string of the molecule is CC(=O)C1=CC[C@H]2[C@@H]3CC=C4C[C@@H](OC(=O)CCN5CCCCC5)CC[C@]4(C)[C@H]3CC[C@]12C. The predicted octanol–water partition coefficient (Wildman–Crippen LogP) is 5.86. The van der Waals surface area contributed by atoms with Crippen LogP contribution in [0.5, 0.6) is 0 Å². The molecule has 0 radical (unpaired) electrons. The Hall–Kier alpha value is -1.42. The number of piperidine rings is 1. The third kappa shape index (κ3) is 4.15. The van der Waals surface area contributed by atoms with E-state index < -0.39 is 0 Å². The van der Waals surface area contributed by atoms with Crippen molar-refractivity contribution < 1.29 is 14.3 Å². The molecule has 1 saturated heterocycles. The number of carbonyl (C=O) groups excluding carboxylic acids is 2. The van der Waals surface area contributed by atoms with Crippen LogP contribution in [-0.2, 0) is 14.3 Å². The van der Waals surface area contributed by atoms with Crippen molar-refractivity contribution in [2.45, 2.75) is 97.5 Å². The highest BCUT2D eigenvalue weighted by Gasteiger charge is 2.57. The number of fused-ring (bicyclic) bond motifs is 5. The molecule has 0 bridgehead atoms. The summed E-state index contributed by atoms with van der Waals surface area (Å²) in [6.45, 7) is 9.71. The summed E-state index contributed by atoms with van der Waals surface area (Å²) < 4.78 is 5.99. The summed E-state index contributed by atoms with van der Waals surface area (Å²) in [6, 6.07) is 0. The van der Waals surface area contributed by atoms with Crippen molar-refractivity contribution in [1.82, 2.24) is 4.90 Å². The van der Waals surface area contributed by atoms with Gasteiger partial charge in [0.15, 0.2) is 5.78 Å². The lowest BCUT2D eigenvalue weighted by molar-refractivity contribution is -0.151. The van der Waals surface area contributed by atoms with Gasteiger partial charge in [-0.05, 0) is 106 Å². The maximum absolute atomic E-state index is 12.6. The Balaban J connectivity index is 1.21. The van der Waals surface area contributed by atoms with Gasteiger partial charge in [0.2, 0.25) is 0 Å². The summed E-state index contributed by atoms with van der Waals surface area (Å²) in [5.41, 5.74) is 2.96. The van der Waals surface area contributed by atoms with Gasteiger partial charge in [-0.3, -0.25) is 9.59 Å². The Morgan fingerprint density at radius 1 is 1.00 bits per heavy atom. The molecule has 0 spiro atoms. The third-order valence-electron chi connectivity index (χ3n) is 10.4. The molecule has 0 aromatic heterocycles. The lowest BCUT2D eigenvalue weighted by Crippen LogP contribution is -2.50. The minimum atomic E-state index is -0.00862. The number of hydrogen-bond donors (Lipinski definition) is 0. The van der Waals surface area contributed by atoms with Crippen molar-refractivity contribution in [2.75, 3.05) is 19.6 Å². The first-order valence-corrected chi connectivity index (χ1v) is 13.6. The van der Waals surface area contributed by atoms with Crippen LogP contribution in [0.2, 0.25) is 0 Å². The molecule has 4 heteroatoms. The van der Waals surface area contributed by atoms with Gasteiger partial charge in [-0.15, -0.1) is 0 Å². The van der Waals surface area contributed by atoms with E-state index in [1.807, 2.05) is 0 Å². The van der Waals surface area contributed by atoms with Gasteiger partial charge in [0.05, 0.1) is 6.42 Å². The lowest BCUT2D eigenvalue weighted by Gasteiger charge is -2.57. The third-order valence-corrected chi connectivity index (χ3v) is 10.4. The number of nitrogens with zero attached hydrogens (tertiary/aromatic N) is 1. The summed E-state index contributed by atoms with van der Waals surface area (Å²) in [5, 5.41) is 0. The van der Waals surface area contributed by atoms with E-state index in [4.69, 9.17) is 4.74 Å². The fourth-order valence-electron chi connectivity index (χ4n) is 8.52. The average Bonchev–Trinajstić information content (AvgIpc) is 3.16. The van der Waals surface area contributed by atoms with Gasteiger partial charge in [0.1, 0.15) is 6.10 Å². The molecule has 0 N–H and O–H groups in total. The van der Waals surface area contributed by atoms with E-state index in [2.05, 4.69) is 30.9 Å². The Labute approximate surface area is 200 Å². The van der Waals surface area contributed by atoms with Gasteiger partial charge < -0.3 is 9.64 Å². The molecule has 0 amide bonds. The molecule has 4 aliphatic carbocycles. The number of esters is 1. The molecule has 182 valence electrons. The molecule has 5 rings (SSSR count). The second-order valence-corrected chi connectivity index (χ2v) is 12.1. The molecule has 3 fully saturated rings. The zero-order chi connectivity index (χ0) is 23.2. The Bertz CT molecular complexity index is 853. The molecular formula is C29H43NO3. The van der Waals surface area contributed by atoms with E-state index in [9.17, 15) is 9.59 Å². The largest absolute Gasteiger partial charge is 0.462 e. The van der Waals surface area contributed by atoms with Crippen LogP contribution in [0.15, 0.2) is 23.3 Å². The first-order valence-electron chi connectivity index (χ1n) is 13.6. The molecular weight excluding hydrogens is 410 g/mol. The van der Waals surface area contributed by atoms with Crippen LogP contribution in [0.4, 0.5) is 0 Å². The molecule has 0 unspecified atom stereocenters. The summed E-state index contributed by atoms with van der Waals surface area (Å²) >= 11 is 0. The van der Waals surface area contributed by atoms with Gasteiger partial charge in [0.25, 0.3) is 0 Å². The fraction of sp³-hybridized carbons (Fsp3) is 0.793. The number of hydrogen-bond acceptors (Lipinski definition) is 4. The maximum Gasteiger partial charge on any atom is 0.307 e. The normalized spacial score (nSPS) is 40.7. The Morgan fingerprint density at radius 3 is 2.52 bits per heavy atom. The van der Waals surface area contributed by atoms with Gasteiger partial charge >= 0.3 is 5.97 Å². The maximum atomic E-state index is 12.6. The molecule has 1 heterocycles. The molecule has 0 aromatic rings. The molecule has 33 heavy (non-hydrogen) atoms. The molecule has 2 saturated carbocycles. The van der Waals surface area contributed by atoms with Gasteiger partial charge in [0, 0.05) is 13.0 Å². The molecule has 4 nitrogen and oxygen atoms in total. The van der Waals surface area contributed by atoms with E-state index in [-0.39, 0.29) is 28.7 Å². The number of allylic oxidation sites excluding steroid dienone is 3. The summed E-state index contributed by atoms with van der Waals surface area (Å²) in [7, 11) is 0. The smallest absolute Gasteiger partial charge is 0.307 e. The minimum Gasteiger partial charge on any atom is -0.462 e. The number of likely N-dealkylation sites (tertiary alicyclic amines) is 1. The zero-order valence-corrected chi connectivity index (χ0v) is 21.0. The lowest BCUT2D eigenvalue weighted by atomic mass is 9.47. The van der Waals surface area contributed by atoms with E-state index >= 15 is 0 Å². The molecule has 1 aliphatic heterocycles. The Morgan fingerprint density at radius 2 is 1.76 bits per heavy atom. The van der Waals surface area contributed by atoms with E-state index in [1.165, 1.54) is 25.7 Å². The fourth-order valence-corrected chi connectivity index (χ4v) is 8.52. The van der Waals surface area contributed by atoms with Gasteiger partial charge in [-0.1, -0.05) is 38.0 Å². The number of rotatable bonds is 5. The second-order valence-electron chi connectivity index (χ2n) is 12.1. The summed E-state index contributed by atoms with van der Waals surface area (Å²) in [6.07, 6.45) is 16.8. The predicted molar refractivity (Wildman–Crippen MR) is 131 cm³/mol. The first kappa shape index (κ1) is 23.3. The van der Waals surface area contributed by atoms with Crippen LogP contribution < -0.4 is 0 Å². The monoisotopic (exact) mass is 453 g/mol. The van der Waals surface area contributed by atoms with Gasteiger partial charge in [-0.2, -0.15) is 0 Å². The van der Waals surface area contributed by atoms with Crippen LogP contribution in [0.3, 0.4) is 0 Å². The van der Waals surface area contributed by atoms with Crippen molar-refractivity contribution in [2.24, 2.45) is 28.6 Å². The van der Waals surface area contributed by atoms with E-state index in [1.54, 1.807) is 12.5 Å². The van der Waals surface area contributed by atoms with Crippen molar-refractivity contribution in [3.8, 4) is 0 Å². The number of carbonyl (C=O) groups is 2. The van der Waals surface area contributed by atoms with Crippen molar-refractivity contribution in [1.29, 1.82) is 0 Å². The van der Waals surface area contributed by atoms with Gasteiger partial charge in [-0.25, -0.2) is 0 Å². The van der Waals surface area contributed by atoms with E-state index in [0.717, 1.165) is 63.7 Å². The molecule has 6 atom stereocenters. The molecule has 0 aromatic carbocycles. The van der Waals surface area contributed by atoms with Crippen molar-refractivity contribution >= 4 is 11.8 Å². The quantitative estimate of drug-likeness (QED) is 0.386. The topological polar surface area (TPSA) is 46.6 Å². The highest BCUT2D eigenvalue weighted by Crippen LogP contribution is 2.65. The number of Topliss-reactive ketones (excluding diaryl/α,β-unsaturated/α-hetero) is 1. The highest BCUT2D eigenvalue weighted by atomic mass is 16.5. The second kappa shape index (κ2) is 8.98. The van der Waals surface area contributed by atoms with Crippen molar-refractivity contribution in [3.05, 3.63) is 23.3 Å². The summed E-state index contributed by atoms with van der Waals surface area (Å²) in [5.74, 6) is 2.25. The van der Waals surface area contributed by atoms with Crippen LogP contribution in [0.1, 0.15) is 91.4 Å². The number of ether oxygens (including phenoxy) is 1. The van der Waals surface area contributed by atoms with Crippen LogP contribution in [-0.4, -0.2) is 42.4 Å². The average molecular weight is 454 g/mol. The minimum absolute atomic E-state index is 0.00862. The van der Waals surface area contributed by atoms with Crippen molar-refractivity contribution in [3.63, 3.8) is 0 Å². The van der Waals surface area contributed by atoms with Crippen LogP contribution >= 0.6 is 0 Å². The Kier molecular flexibility index (Phi) is 6.35. The standard InChI is InChI=1S/C29H43NO3/c1-20(31)24-9-10-25-23-8-7-21-19-22(33-27(32)13-18-30-16-5-4-6-17-30)11-14-28(21,2)26(23)12-15-29(24,25)3/h7,9,22-23,25-26H,4-6,8,10-19H2,1-3H3/t22-,23-,25-,26-,28-,29+/m0/s1. The molecule has 5 aliphatic rings. The zero-order valence-electron chi connectivity index (χ0n) is 21.0. The first-order chi connectivity index (χ1) is 15.8. The van der Waals surface area contributed by atoms with E-state index in [0.29, 0.717) is 24.2 Å². The highest BCUT2D eigenvalue weighted by molar-refractivity contribution is 5.95. The summed E-state index contributed by atoms with van der Waals surface area (Å²) in [4.78, 5) is 27.3. The van der Waals surface area contributed by atoms with Crippen LogP contribution in [0.25, 0.3) is 0 Å². The van der Waals surface area contributed by atoms with Crippen LogP contribution in [0, 0.1) is 28.6 Å².